The predicted octanol–water partition coefficient (Wildman–Crippen LogP) is 5.38. The van der Waals surface area contributed by atoms with Crippen molar-refractivity contribution in [3.8, 4) is 0 Å². The zero-order chi connectivity index (χ0) is 56.2. The van der Waals surface area contributed by atoms with Gasteiger partial charge in [0.05, 0.1) is 38.6 Å². The van der Waals surface area contributed by atoms with E-state index in [1.165, 1.54) is 148 Å². The monoisotopic (exact) mass is 1110 g/mol. The molecular weight excluding hydrogens is 999 g/mol. The average molecular weight is 1110 g/mol. The van der Waals surface area contributed by atoms with Gasteiger partial charge in [-0.25, -0.2) is 0 Å². The van der Waals surface area contributed by atoms with Crippen molar-refractivity contribution in [3.63, 3.8) is 0 Å². The van der Waals surface area contributed by atoms with Gasteiger partial charge in [0.15, 0.2) is 18.9 Å². The third-order valence-electron chi connectivity index (χ3n) is 15.6. The first-order chi connectivity index (χ1) is 37.3. The maximum atomic E-state index is 13.3. The normalized spacial score (nSPS) is 30.7. The number of carbonyl (C=O) groups excluding carboxylic acids is 1. The molecule has 3 saturated heterocycles. The van der Waals surface area contributed by atoms with Crippen molar-refractivity contribution < 1.29 is 89.4 Å². The minimum Gasteiger partial charge on any atom is -0.394 e. The quantitative estimate of drug-likeness (QED) is 0.0269. The van der Waals surface area contributed by atoms with Crippen molar-refractivity contribution in [3.05, 3.63) is 12.2 Å². The molecule has 0 spiro atoms. The van der Waals surface area contributed by atoms with Gasteiger partial charge in [0.1, 0.15) is 73.2 Å². The molecule has 454 valence electrons. The summed E-state index contributed by atoms with van der Waals surface area (Å²) in [7, 11) is 0. The van der Waals surface area contributed by atoms with Crippen molar-refractivity contribution in [2.75, 3.05) is 26.4 Å². The van der Waals surface area contributed by atoms with Crippen LogP contribution < -0.4 is 5.32 Å². The molecular formula is C58H109NO18. The van der Waals surface area contributed by atoms with E-state index < -0.39 is 124 Å². The molecule has 0 aliphatic carbocycles. The molecule has 0 aromatic carbocycles. The lowest BCUT2D eigenvalue weighted by Crippen LogP contribution is -2.66. The minimum atomic E-state index is -1.97. The van der Waals surface area contributed by atoms with Gasteiger partial charge >= 0.3 is 0 Å². The Labute approximate surface area is 461 Å². The van der Waals surface area contributed by atoms with Crippen molar-refractivity contribution in [1.29, 1.82) is 0 Å². The minimum absolute atomic E-state index is 0.249. The summed E-state index contributed by atoms with van der Waals surface area (Å²) in [5.74, 6) is -0.273. The fraction of sp³-hybridized carbons (Fsp3) is 0.948. The molecule has 12 N–H and O–H groups in total. The van der Waals surface area contributed by atoms with E-state index in [0.29, 0.717) is 6.42 Å². The molecule has 3 rings (SSSR count). The number of aliphatic hydroxyl groups is 11. The van der Waals surface area contributed by atoms with Crippen molar-refractivity contribution in [1.82, 2.24) is 5.32 Å². The highest BCUT2D eigenvalue weighted by Crippen LogP contribution is 2.33. The van der Waals surface area contributed by atoms with E-state index in [-0.39, 0.29) is 18.9 Å². The Morgan fingerprint density at radius 3 is 1.22 bits per heavy atom. The zero-order valence-electron chi connectivity index (χ0n) is 47.2. The highest BCUT2D eigenvalue weighted by Gasteiger charge is 2.53. The number of hydrogen-bond acceptors (Lipinski definition) is 18. The number of aliphatic hydroxyl groups excluding tert-OH is 11. The second-order valence-electron chi connectivity index (χ2n) is 22.2. The Hall–Kier alpha value is -1.47. The number of carbonyl (C=O) groups is 1. The summed E-state index contributed by atoms with van der Waals surface area (Å²) in [6, 6.07) is -0.966. The van der Waals surface area contributed by atoms with Crippen LogP contribution in [0.5, 0.6) is 0 Å². The van der Waals surface area contributed by atoms with Crippen LogP contribution in [0.4, 0.5) is 0 Å². The number of hydrogen-bond donors (Lipinski definition) is 12. The van der Waals surface area contributed by atoms with Gasteiger partial charge in [-0.15, -0.1) is 0 Å². The number of unbranched alkanes of at least 4 members (excludes halogenated alkanes) is 29. The van der Waals surface area contributed by atoms with Crippen LogP contribution in [0, 0.1) is 0 Å². The molecule has 19 heteroatoms. The molecule has 0 unspecified atom stereocenters. The van der Waals surface area contributed by atoms with Crippen molar-refractivity contribution >= 4 is 5.91 Å². The van der Waals surface area contributed by atoms with E-state index >= 15 is 0 Å². The highest BCUT2D eigenvalue weighted by atomic mass is 16.8. The standard InChI is InChI=1S/C58H109NO18/c1-3-5-7-9-11-13-15-17-18-19-20-21-22-24-26-28-30-32-34-36-46(64)59-41(42(63)35-33-31-29-27-25-23-16-14-12-10-8-6-4-2)40-72-56-52(70)49(67)54(44(38-61)74-56)77-58-53(71)50(68)55(45(39-62)75-58)76-57-51(69)48(66)47(65)43(37-60)73-57/h33,35,41-45,47-58,60-63,65-71H,3-32,34,36-40H2,1-2H3,(H,59,64)/b35-33+/t41-,42+,43+,44+,45+,47-,48-,49+,50+,51+,52+,53+,54+,55-,56+,57-,58-/m0/s1. The fourth-order valence-corrected chi connectivity index (χ4v) is 10.5. The molecule has 0 saturated carbocycles. The van der Waals surface area contributed by atoms with Gasteiger partial charge in [0, 0.05) is 6.42 Å². The molecule has 19 nitrogen and oxygen atoms in total. The van der Waals surface area contributed by atoms with Crippen LogP contribution in [0.1, 0.15) is 219 Å². The largest absolute Gasteiger partial charge is 0.394 e. The maximum Gasteiger partial charge on any atom is 0.220 e. The maximum absolute atomic E-state index is 13.3. The van der Waals surface area contributed by atoms with Crippen LogP contribution in [0.15, 0.2) is 12.2 Å². The summed E-state index contributed by atoms with van der Waals surface area (Å²) in [4.78, 5) is 13.3. The van der Waals surface area contributed by atoms with E-state index in [9.17, 15) is 61.0 Å². The number of amides is 1. The van der Waals surface area contributed by atoms with Gasteiger partial charge in [-0.2, -0.15) is 0 Å². The summed E-state index contributed by atoms with van der Waals surface area (Å²) in [5.41, 5.74) is 0. The summed E-state index contributed by atoms with van der Waals surface area (Å²) in [6.07, 6.45) is 14.8. The lowest BCUT2D eigenvalue weighted by Gasteiger charge is -2.48. The van der Waals surface area contributed by atoms with E-state index in [0.717, 1.165) is 44.9 Å². The fourth-order valence-electron chi connectivity index (χ4n) is 10.5. The Balaban J connectivity index is 1.49. The predicted molar refractivity (Wildman–Crippen MR) is 291 cm³/mol. The second kappa shape index (κ2) is 42.4. The SMILES string of the molecule is CCCCCCCCCCCCC/C=C/[C@@H](O)[C@H](CO[C@@H]1O[C@H](CO)[C@@H](O[C@@H]2O[C@H](CO)[C@H](O[C@@H]3O[C@H](CO)[C@H](O)[C@H](O)[C@H]3O)[C@H](O)[C@H]2O)[C@H](O)[C@H]1O)NC(=O)CCCCCCCCCCCCCCCCCCCCC. The Bertz CT molecular complexity index is 1460. The molecule has 17 atom stereocenters. The van der Waals surface area contributed by atoms with Crippen LogP contribution in [-0.2, 0) is 33.2 Å². The number of ether oxygens (including phenoxy) is 6. The number of allylic oxidation sites excluding steroid dienone is 1. The van der Waals surface area contributed by atoms with Crippen LogP contribution in [0.25, 0.3) is 0 Å². The summed E-state index contributed by atoms with van der Waals surface area (Å²) < 4.78 is 34.2. The lowest BCUT2D eigenvalue weighted by atomic mass is 9.96. The third kappa shape index (κ3) is 26.5. The Kier molecular flexibility index (Phi) is 38.4. The van der Waals surface area contributed by atoms with Gasteiger partial charge in [-0.3, -0.25) is 4.79 Å². The topological polar surface area (TPSA) is 307 Å². The first-order valence-corrected chi connectivity index (χ1v) is 30.4. The molecule has 0 radical (unpaired) electrons. The van der Waals surface area contributed by atoms with Crippen molar-refractivity contribution in [2.24, 2.45) is 0 Å². The summed E-state index contributed by atoms with van der Waals surface area (Å²) in [5, 5.41) is 120. The molecule has 3 heterocycles. The van der Waals surface area contributed by atoms with E-state index in [1.54, 1.807) is 6.08 Å². The van der Waals surface area contributed by atoms with Gasteiger partial charge in [-0.1, -0.05) is 206 Å². The van der Waals surface area contributed by atoms with Gasteiger partial charge < -0.3 is 89.9 Å². The first-order valence-electron chi connectivity index (χ1n) is 30.4. The molecule has 3 aliphatic rings. The van der Waals surface area contributed by atoms with Crippen LogP contribution in [-0.4, -0.2) is 193 Å². The highest BCUT2D eigenvalue weighted by molar-refractivity contribution is 5.76. The summed E-state index contributed by atoms with van der Waals surface area (Å²) >= 11 is 0. The first kappa shape index (κ1) is 69.8. The average Bonchev–Trinajstić information content (AvgIpc) is 3.43. The Morgan fingerprint density at radius 1 is 0.455 bits per heavy atom. The van der Waals surface area contributed by atoms with Crippen LogP contribution in [0.2, 0.25) is 0 Å². The molecule has 0 bridgehead atoms. The Morgan fingerprint density at radius 2 is 0.805 bits per heavy atom. The molecule has 0 aromatic rings. The number of nitrogens with one attached hydrogen (secondary N) is 1. The molecule has 3 fully saturated rings. The molecule has 3 aliphatic heterocycles. The summed E-state index contributed by atoms with van der Waals surface area (Å²) in [6.45, 7) is 1.73. The lowest BCUT2D eigenvalue weighted by molar-refractivity contribution is -0.379. The third-order valence-corrected chi connectivity index (χ3v) is 15.6. The van der Waals surface area contributed by atoms with E-state index in [4.69, 9.17) is 28.4 Å². The van der Waals surface area contributed by atoms with Gasteiger partial charge in [-0.05, 0) is 19.3 Å². The van der Waals surface area contributed by atoms with Gasteiger partial charge in [0.25, 0.3) is 0 Å². The van der Waals surface area contributed by atoms with Crippen molar-refractivity contribution in [2.45, 2.75) is 324 Å². The van der Waals surface area contributed by atoms with Crippen LogP contribution >= 0.6 is 0 Å². The molecule has 0 aromatic heterocycles. The molecule has 77 heavy (non-hydrogen) atoms. The smallest absolute Gasteiger partial charge is 0.220 e. The number of rotatable bonds is 45. The van der Waals surface area contributed by atoms with Crippen LogP contribution in [0.3, 0.4) is 0 Å². The zero-order valence-corrected chi connectivity index (χ0v) is 47.2. The molecule has 1 amide bonds. The van der Waals surface area contributed by atoms with E-state index in [2.05, 4.69) is 19.2 Å². The van der Waals surface area contributed by atoms with E-state index in [1.807, 2.05) is 6.08 Å². The second-order valence-corrected chi connectivity index (χ2v) is 22.2. The van der Waals surface area contributed by atoms with Gasteiger partial charge in [0.2, 0.25) is 5.91 Å².